The lowest BCUT2D eigenvalue weighted by atomic mass is 9.96. The minimum Gasteiger partial charge on any atom is -0.361 e. The molecule has 0 saturated carbocycles. The van der Waals surface area contributed by atoms with E-state index in [1.807, 2.05) is 48.5 Å². The van der Waals surface area contributed by atoms with E-state index in [0.29, 0.717) is 11.1 Å². The van der Waals surface area contributed by atoms with Crippen LogP contribution in [0.4, 0.5) is 0 Å². The molecule has 0 aliphatic carbocycles. The van der Waals surface area contributed by atoms with Gasteiger partial charge in [0.15, 0.2) is 0 Å². The highest BCUT2D eigenvalue weighted by Crippen LogP contribution is 2.35. The maximum atomic E-state index is 12.4. The fraction of sp³-hybridized carbons (Fsp3) is 0. The second kappa shape index (κ2) is 5.21. The summed E-state index contributed by atoms with van der Waals surface area (Å²) in [7, 11) is 0. The SMILES string of the molecule is O=C1NC(=O)C(c2c[nH]c3ccccc23)=C1c1ccc(Br)cc1. The van der Waals surface area contributed by atoms with Crippen LogP contribution < -0.4 is 5.32 Å². The minimum atomic E-state index is -0.363. The molecule has 5 heteroatoms. The molecule has 2 aromatic carbocycles. The molecule has 0 unspecified atom stereocenters. The second-order valence-electron chi connectivity index (χ2n) is 5.29. The first-order valence-electron chi connectivity index (χ1n) is 7.07. The number of benzene rings is 2. The first-order valence-corrected chi connectivity index (χ1v) is 7.87. The van der Waals surface area contributed by atoms with Gasteiger partial charge in [-0.25, -0.2) is 0 Å². The molecule has 1 aliphatic heterocycles. The Hall–Kier alpha value is -2.66. The van der Waals surface area contributed by atoms with Crippen molar-refractivity contribution in [2.75, 3.05) is 0 Å². The van der Waals surface area contributed by atoms with Gasteiger partial charge in [0.1, 0.15) is 0 Å². The Morgan fingerprint density at radius 1 is 0.826 bits per heavy atom. The number of H-pyrrole nitrogens is 1. The van der Waals surface area contributed by atoms with E-state index in [0.717, 1.165) is 26.5 Å². The van der Waals surface area contributed by atoms with Crippen molar-refractivity contribution in [3.05, 3.63) is 70.3 Å². The van der Waals surface area contributed by atoms with Crippen LogP contribution in [0.2, 0.25) is 0 Å². The minimum absolute atomic E-state index is 0.363. The van der Waals surface area contributed by atoms with E-state index in [-0.39, 0.29) is 11.8 Å². The molecule has 0 atom stereocenters. The molecule has 112 valence electrons. The summed E-state index contributed by atoms with van der Waals surface area (Å²) in [5, 5.41) is 3.32. The molecule has 4 nitrogen and oxygen atoms in total. The Morgan fingerprint density at radius 2 is 1.52 bits per heavy atom. The van der Waals surface area contributed by atoms with Gasteiger partial charge < -0.3 is 4.98 Å². The zero-order valence-electron chi connectivity index (χ0n) is 11.9. The summed E-state index contributed by atoms with van der Waals surface area (Å²) in [6, 6.07) is 15.1. The number of carbonyl (C=O) groups excluding carboxylic acids is 2. The molecule has 1 aromatic heterocycles. The third kappa shape index (κ3) is 2.21. The number of amides is 2. The van der Waals surface area contributed by atoms with Crippen molar-refractivity contribution in [2.24, 2.45) is 0 Å². The number of imide groups is 1. The van der Waals surface area contributed by atoms with Crippen LogP contribution in [0.15, 0.2) is 59.2 Å². The van der Waals surface area contributed by atoms with Crippen LogP contribution in [-0.2, 0) is 9.59 Å². The summed E-state index contributed by atoms with van der Waals surface area (Å²) >= 11 is 3.38. The van der Waals surface area contributed by atoms with Gasteiger partial charge in [-0.15, -0.1) is 0 Å². The summed E-state index contributed by atoms with van der Waals surface area (Å²) in [4.78, 5) is 27.8. The Balaban J connectivity index is 2.00. The molecule has 0 bridgehead atoms. The van der Waals surface area contributed by atoms with E-state index >= 15 is 0 Å². The summed E-state index contributed by atoms with van der Waals surface area (Å²) in [5.41, 5.74) is 3.21. The highest BCUT2D eigenvalue weighted by molar-refractivity contribution is 9.10. The Labute approximate surface area is 140 Å². The Bertz CT molecular complexity index is 984. The summed E-state index contributed by atoms with van der Waals surface area (Å²) < 4.78 is 0.917. The monoisotopic (exact) mass is 366 g/mol. The molecule has 0 spiro atoms. The Morgan fingerprint density at radius 3 is 2.30 bits per heavy atom. The third-order valence-electron chi connectivity index (χ3n) is 3.92. The molecule has 0 radical (unpaired) electrons. The highest BCUT2D eigenvalue weighted by atomic mass is 79.9. The van der Waals surface area contributed by atoms with Crippen molar-refractivity contribution in [3.8, 4) is 0 Å². The summed E-state index contributed by atoms with van der Waals surface area (Å²) in [6.07, 6.45) is 1.77. The van der Waals surface area contributed by atoms with Crippen LogP contribution in [0.5, 0.6) is 0 Å². The smallest absolute Gasteiger partial charge is 0.259 e. The van der Waals surface area contributed by atoms with E-state index in [4.69, 9.17) is 0 Å². The maximum Gasteiger partial charge on any atom is 0.259 e. The average molecular weight is 367 g/mol. The van der Waals surface area contributed by atoms with Crippen molar-refractivity contribution in [1.82, 2.24) is 10.3 Å². The van der Waals surface area contributed by atoms with Gasteiger partial charge in [0.05, 0.1) is 11.1 Å². The fourth-order valence-corrected chi connectivity index (χ4v) is 3.15. The van der Waals surface area contributed by atoms with Gasteiger partial charge in [-0.2, -0.15) is 0 Å². The van der Waals surface area contributed by atoms with Crippen molar-refractivity contribution in [3.63, 3.8) is 0 Å². The predicted octanol–water partition coefficient (Wildman–Crippen LogP) is 3.50. The van der Waals surface area contributed by atoms with Gasteiger partial charge in [-0.05, 0) is 23.8 Å². The van der Waals surface area contributed by atoms with Crippen LogP contribution in [-0.4, -0.2) is 16.8 Å². The molecule has 4 rings (SSSR count). The molecular weight excluding hydrogens is 356 g/mol. The van der Waals surface area contributed by atoms with Gasteiger partial charge in [0.25, 0.3) is 11.8 Å². The molecule has 23 heavy (non-hydrogen) atoms. The molecule has 0 saturated heterocycles. The number of fused-ring (bicyclic) bond motifs is 1. The molecule has 1 aliphatic rings. The molecule has 2 amide bonds. The maximum absolute atomic E-state index is 12.4. The predicted molar refractivity (Wildman–Crippen MR) is 92.4 cm³/mol. The number of halogens is 1. The van der Waals surface area contributed by atoms with Crippen LogP contribution >= 0.6 is 15.9 Å². The van der Waals surface area contributed by atoms with Crippen molar-refractivity contribution >= 4 is 49.8 Å². The van der Waals surface area contributed by atoms with E-state index < -0.39 is 0 Å². The second-order valence-corrected chi connectivity index (χ2v) is 6.20. The lowest BCUT2D eigenvalue weighted by Crippen LogP contribution is -2.22. The molecule has 3 aromatic rings. The number of para-hydroxylation sites is 1. The molecule has 2 N–H and O–H groups in total. The third-order valence-corrected chi connectivity index (χ3v) is 4.45. The van der Waals surface area contributed by atoms with Crippen molar-refractivity contribution in [1.29, 1.82) is 0 Å². The Kier molecular flexibility index (Phi) is 3.16. The number of carbonyl (C=O) groups is 2. The highest BCUT2D eigenvalue weighted by Gasteiger charge is 2.33. The number of hydrogen-bond acceptors (Lipinski definition) is 2. The summed E-state index contributed by atoms with van der Waals surface area (Å²) in [5.74, 6) is -0.727. The zero-order valence-corrected chi connectivity index (χ0v) is 13.5. The van der Waals surface area contributed by atoms with E-state index in [1.54, 1.807) is 6.20 Å². The quantitative estimate of drug-likeness (QED) is 0.681. The van der Waals surface area contributed by atoms with Gasteiger partial charge in [0, 0.05) is 27.1 Å². The van der Waals surface area contributed by atoms with Gasteiger partial charge in [-0.3, -0.25) is 14.9 Å². The number of nitrogens with one attached hydrogen (secondary N) is 2. The topological polar surface area (TPSA) is 62.0 Å². The van der Waals surface area contributed by atoms with Crippen molar-refractivity contribution in [2.45, 2.75) is 0 Å². The van der Waals surface area contributed by atoms with Crippen molar-refractivity contribution < 1.29 is 9.59 Å². The van der Waals surface area contributed by atoms with E-state index in [9.17, 15) is 9.59 Å². The lowest BCUT2D eigenvalue weighted by molar-refractivity contribution is -0.122. The van der Waals surface area contributed by atoms with Gasteiger partial charge >= 0.3 is 0 Å². The fourth-order valence-electron chi connectivity index (χ4n) is 2.88. The van der Waals surface area contributed by atoms with Gasteiger partial charge in [0.2, 0.25) is 0 Å². The first kappa shape index (κ1) is 14.0. The standard InChI is InChI=1S/C18H11BrN2O2/c19-11-7-5-10(6-8-11)15-16(18(23)21-17(15)22)13-9-20-14-4-2-1-3-12(13)14/h1-9,20H,(H,21,22,23). The largest absolute Gasteiger partial charge is 0.361 e. The number of aromatic nitrogens is 1. The number of hydrogen-bond donors (Lipinski definition) is 2. The van der Waals surface area contributed by atoms with Crippen LogP contribution in [0.25, 0.3) is 22.0 Å². The number of rotatable bonds is 2. The molecule has 2 heterocycles. The van der Waals surface area contributed by atoms with Crippen LogP contribution in [0.1, 0.15) is 11.1 Å². The molecular formula is C18H11BrN2O2. The van der Waals surface area contributed by atoms with Gasteiger partial charge in [-0.1, -0.05) is 46.3 Å². The van der Waals surface area contributed by atoms with E-state index in [2.05, 4.69) is 26.2 Å². The van der Waals surface area contributed by atoms with Crippen LogP contribution in [0, 0.1) is 0 Å². The summed E-state index contributed by atoms with van der Waals surface area (Å²) in [6.45, 7) is 0. The van der Waals surface area contributed by atoms with Crippen LogP contribution in [0.3, 0.4) is 0 Å². The average Bonchev–Trinajstić information content (AvgIpc) is 3.08. The zero-order chi connectivity index (χ0) is 16.0. The number of aromatic amines is 1. The first-order chi connectivity index (χ1) is 11.1. The normalized spacial score (nSPS) is 14.7. The molecule has 0 fully saturated rings. The van der Waals surface area contributed by atoms with E-state index in [1.165, 1.54) is 0 Å². The lowest BCUT2D eigenvalue weighted by Gasteiger charge is -2.04.